The molecule has 0 heterocycles. The lowest BCUT2D eigenvalue weighted by Crippen LogP contribution is -2.42. The molecule has 0 radical (unpaired) electrons. The largest absolute Gasteiger partial charge is 0.464 e. The van der Waals surface area contributed by atoms with Gasteiger partial charge in [0.1, 0.15) is 12.6 Å². The maximum absolute atomic E-state index is 12.5. The second-order valence-electron chi connectivity index (χ2n) is 9.09. The average Bonchev–Trinajstić information content (AvgIpc) is 2.81. The van der Waals surface area contributed by atoms with Crippen molar-refractivity contribution in [1.29, 1.82) is 0 Å². The molecule has 0 saturated heterocycles. The van der Waals surface area contributed by atoms with Crippen LogP contribution in [0.4, 0.5) is 4.79 Å². The summed E-state index contributed by atoms with van der Waals surface area (Å²) in [6, 6.07) is -0.640. The van der Waals surface area contributed by atoms with Crippen LogP contribution < -0.4 is 5.32 Å². The predicted octanol–water partition coefficient (Wildman–Crippen LogP) is 7.33. The van der Waals surface area contributed by atoms with E-state index in [1.807, 2.05) is 0 Å². The fraction of sp³-hybridized carbons (Fsp3) is 0.926. The summed E-state index contributed by atoms with van der Waals surface area (Å²) in [5.74, 6) is -0.353. The van der Waals surface area contributed by atoms with Gasteiger partial charge in [-0.1, -0.05) is 117 Å². The molecule has 0 bridgehead atoms. The number of rotatable bonds is 24. The van der Waals surface area contributed by atoms with E-state index in [-0.39, 0.29) is 12.6 Å². The number of unbranched alkanes of at least 4 members (excludes halogenated alkanes) is 15. The van der Waals surface area contributed by atoms with Crippen molar-refractivity contribution in [2.45, 2.75) is 135 Å². The van der Waals surface area contributed by atoms with Crippen molar-refractivity contribution in [3.8, 4) is 0 Å². The Morgan fingerprint density at radius 1 is 0.606 bits per heavy atom. The number of methoxy groups -OCH3 is 1. The first-order valence-electron chi connectivity index (χ1n) is 13.7. The van der Waals surface area contributed by atoms with Crippen molar-refractivity contribution < 1.29 is 23.8 Å². The molecule has 0 aromatic rings. The van der Waals surface area contributed by atoms with Crippen LogP contribution in [0, 0.1) is 0 Å². The van der Waals surface area contributed by atoms with Crippen LogP contribution in [-0.4, -0.2) is 45.0 Å². The van der Waals surface area contributed by atoms with E-state index in [9.17, 15) is 9.59 Å². The van der Waals surface area contributed by atoms with Crippen molar-refractivity contribution in [3.63, 3.8) is 0 Å². The zero-order valence-corrected chi connectivity index (χ0v) is 22.0. The number of hydrogen-bond acceptors (Lipinski definition) is 5. The second kappa shape index (κ2) is 25.3. The van der Waals surface area contributed by atoms with Gasteiger partial charge in [-0.05, 0) is 12.8 Å². The second-order valence-corrected chi connectivity index (χ2v) is 9.09. The Labute approximate surface area is 203 Å². The number of nitrogens with one attached hydrogen (secondary N) is 1. The minimum Gasteiger partial charge on any atom is -0.464 e. The standard InChI is InChI=1S/C27H53NO5/c1-4-6-8-10-11-12-13-14-15-16-17-18-20-22-32-26(29)25(21-19-9-7-5-2)28-27(30)33-24-23-31-3/h25H,4-24H2,1-3H3,(H,28,30). The molecule has 0 aliphatic carbocycles. The highest BCUT2D eigenvalue weighted by Gasteiger charge is 2.22. The molecule has 0 aliphatic heterocycles. The smallest absolute Gasteiger partial charge is 0.407 e. The molecule has 0 fully saturated rings. The molecule has 1 unspecified atom stereocenters. The number of carbonyl (C=O) groups excluding carboxylic acids is 2. The van der Waals surface area contributed by atoms with Gasteiger partial charge in [0.25, 0.3) is 0 Å². The molecule has 0 saturated carbocycles. The highest BCUT2D eigenvalue weighted by molar-refractivity contribution is 5.81. The van der Waals surface area contributed by atoms with Crippen LogP contribution in [0.25, 0.3) is 0 Å². The fourth-order valence-corrected chi connectivity index (χ4v) is 3.82. The van der Waals surface area contributed by atoms with Crippen LogP contribution in [-0.2, 0) is 19.0 Å². The molecule has 1 N–H and O–H groups in total. The van der Waals surface area contributed by atoms with Gasteiger partial charge in [-0.3, -0.25) is 0 Å². The van der Waals surface area contributed by atoms with Gasteiger partial charge >= 0.3 is 12.1 Å². The number of esters is 1. The Balaban J connectivity index is 3.86. The molecule has 0 rings (SSSR count). The van der Waals surface area contributed by atoms with E-state index < -0.39 is 12.1 Å². The lowest BCUT2D eigenvalue weighted by Gasteiger charge is -2.17. The Morgan fingerprint density at radius 2 is 1.09 bits per heavy atom. The Bertz CT molecular complexity index is 444. The number of carbonyl (C=O) groups is 2. The van der Waals surface area contributed by atoms with Crippen molar-refractivity contribution in [1.82, 2.24) is 5.32 Å². The summed E-state index contributed by atoms with van der Waals surface area (Å²) in [6.07, 6.45) is 20.9. The highest BCUT2D eigenvalue weighted by Crippen LogP contribution is 2.13. The first kappa shape index (κ1) is 31.7. The summed E-state index contributed by atoms with van der Waals surface area (Å²) in [5.41, 5.74) is 0. The van der Waals surface area contributed by atoms with E-state index in [0.29, 0.717) is 19.6 Å². The Hall–Kier alpha value is -1.30. The third-order valence-corrected chi connectivity index (χ3v) is 5.94. The molecule has 0 aromatic carbocycles. The minimum absolute atomic E-state index is 0.166. The lowest BCUT2D eigenvalue weighted by atomic mass is 10.0. The highest BCUT2D eigenvalue weighted by atomic mass is 16.6. The molecule has 196 valence electrons. The molecule has 1 amide bonds. The molecule has 0 aliphatic rings. The predicted molar refractivity (Wildman–Crippen MR) is 136 cm³/mol. The van der Waals surface area contributed by atoms with Gasteiger partial charge in [0, 0.05) is 7.11 Å². The number of alkyl carbamates (subject to hydrolysis) is 1. The molecule has 1 atom stereocenters. The third kappa shape index (κ3) is 22.3. The molecule has 6 nitrogen and oxygen atoms in total. The quantitative estimate of drug-likeness (QED) is 0.118. The zero-order chi connectivity index (χ0) is 24.4. The van der Waals surface area contributed by atoms with E-state index in [1.165, 1.54) is 70.6 Å². The summed E-state index contributed by atoms with van der Waals surface area (Å²) in [7, 11) is 1.55. The SMILES string of the molecule is CCCCCCCCCCCCCCCOC(=O)C(CCCCCC)NC(=O)OCCOC. The van der Waals surface area contributed by atoms with Gasteiger partial charge in [-0.2, -0.15) is 0 Å². The average molecular weight is 472 g/mol. The van der Waals surface area contributed by atoms with E-state index in [1.54, 1.807) is 7.11 Å². The Kier molecular flexibility index (Phi) is 24.3. The van der Waals surface area contributed by atoms with Crippen LogP contribution >= 0.6 is 0 Å². The summed E-state index contributed by atoms with van der Waals surface area (Å²) in [4.78, 5) is 24.4. The van der Waals surface area contributed by atoms with E-state index in [4.69, 9.17) is 14.2 Å². The monoisotopic (exact) mass is 471 g/mol. The lowest BCUT2D eigenvalue weighted by molar-refractivity contribution is -0.146. The van der Waals surface area contributed by atoms with Gasteiger partial charge in [0.2, 0.25) is 0 Å². The van der Waals surface area contributed by atoms with Crippen LogP contribution in [0.3, 0.4) is 0 Å². The topological polar surface area (TPSA) is 73.9 Å². The first-order valence-corrected chi connectivity index (χ1v) is 13.7. The van der Waals surface area contributed by atoms with Crippen LogP contribution in [0.5, 0.6) is 0 Å². The zero-order valence-electron chi connectivity index (χ0n) is 22.0. The summed E-state index contributed by atoms with van der Waals surface area (Å²) < 4.78 is 15.4. The van der Waals surface area contributed by atoms with E-state index >= 15 is 0 Å². The fourth-order valence-electron chi connectivity index (χ4n) is 3.82. The van der Waals surface area contributed by atoms with Gasteiger partial charge in [-0.15, -0.1) is 0 Å². The van der Waals surface area contributed by atoms with Crippen LogP contribution in [0.15, 0.2) is 0 Å². The molecular weight excluding hydrogens is 418 g/mol. The van der Waals surface area contributed by atoms with Gasteiger partial charge in [0.15, 0.2) is 0 Å². The molecule has 0 aromatic heterocycles. The number of hydrogen-bond donors (Lipinski definition) is 1. The normalized spacial score (nSPS) is 11.8. The van der Waals surface area contributed by atoms with Crippen molar-refractivity contribution in [2.24, 2.45) is 0 Å². The molecule has 33 heavy (non-hydrogen) atoms. The van der Waals surface area contributed by atoms with E-state index in [2.05, 4.69) is 19.2 Å². The maximum atomic E-state index is 12.5. The number of amides is 1. The van der Waals surface area contributed by atoms with Crippen LogP contribution in [0.2, 0.25) is 0 Å². The maximum Gasteiger partial charge on any atom is 0.407 e. The number of ether oxygens (including phenoxy) is 3. The molecule has 0 spiro atoms. The Morgan fingerprint density at radius 3 is 1.61 bits per heavy atom. The molecule has 6 heteroatoms. The summed E-state index contributed by atoms with van der Waals surface area (Å²) >= 11 is 0. The minimum atomic E-state index is -0.640. The van der Waals surface area contributed by atoms with Crippen LogP contribution in [0.1, 0.15) is 129 Å². The van der Waals surface area contributed by atoms with Gasteiger partial charge < -0.3 is 19.5 Å². The molecular formula is C27H53NO5. The summed E-state index contributed by atoms with van der Waals surface area (Å²) in [5, 5.41) is 2.66. The third-order valence-electron chi connectivity index (χ3n) is 5.94. The van der Waals surface area contributed by atoms with Crippen molar-refractivity contribution >= 4 is 12.1 Å². The van der Waals surface area contributed by atoms with Crippen molar-refractivity contribution in [3.05, 3.63) is 0 Å². The van der Waals surface area contributed by atoms with Gasteiger partial charge in [0.05, 0.1) is 13.2 Å². The van der Waals surface area contributed by atoms with Gasteiger partial charge in [-0.25, -0.2) is 9.59 Å². The van der Waals surface area contributed by atoms with E-state index in [0.717, 1.165) is 38.5 Å². The summed E-state index contributed by atoms with van der Waals surface area (Å²) in [6.45, 7) is 5.32. The first-order chi connectivity index (χ1) is 16.2. The van der Waals surface area contributed by atoms with Crippen molar-refractivity contribution in [2.75, 3.05) is 26.9 Å².